The van der Waals surface area contributed by atoms with E-state index >= 15 is 0 Å². The standard InChI is InChI=1S/C18H31N5OS.HI/c1-5-20-18(21-9-6-16-13(2)22-14(3)25-16)23-10-7-15(8-11-23)12-17(24)19-4;/h15H,5-12H2,1-4H3,(H,19,24)(H,20,21);1H. The average Bonchev–Trinajstić information content (AvgIpc) is 2.92. The number of halogens is 1. The maximum atomic E-state index is 11.5. The van der Waals surface area contributed by atoms with Gasteiger partial charge in [0.1, 0.15) is 0 Å². The first-order valence-electron chi connectivity index (χ1n) is 9.20. The van der Waals surface area contributed by atoms with Gasteiger partial charge in [-0.2, -0.15) is 0 Å². The first-order valence-corrected chi connectivity index (χ1v) is 10.0. The minimum absolute atomic E-state index is 0. The zero-order valence-electron chi connectivity index (χ0n) is 16.3. The number of guanidine groups is 1. The number of hydrogen-bond acceptors (Lipinski definition) is 4. The Bertz CT molecular complexity index is 596. The van der Waals surface area contributed by atoms with Crippen LogP contribution in [0.15, 0.2) is 4.99 Å². The van der Waals surface area contributed by atoms with Gasteiger partial charge in [-0.05, 0) is 39.5 Å². The van der Waals surface area contributed by atoms with Crippen molar-refractivity contribution in [1.29, 1.82) is 0 Å². The molecule has 26 heavy (non-hydrogen) atoms. The summed E-state index contributed by atoms with van der Waals surface area (Å²) in [4.78, 5) is 24.5. The maximum absolute atomic E-state index is 11.5. The number of aryl methyl sites for hydroxylation is 2. The lowest BCUT2D eigenvalue weighted by Gasteiger charge is -2.34. The van der Waals surface area contributed by atoms with Crippen molar-refractivity contribution < 1.29 is 4.79 Å². The number of aromatic nitrogens is 1. The number of thiazole rings is 1. The molecule has 1 saturated heterocycles. The third kappa shape index (κ3) is 7.02. The molecular formula is C18H32IN5OS. The van der Waals surface area contributed by atoms with Crippen LogP contribution in [0.4, 0.5) is 0 Å². The van der Waals surface area contributed by atoms with Gasteiger partial charge >= 0.3 is 0 Å². The van der Waals surface area contributed by atoms with Gasteiger partial charge in [-0.1, -0.05) is 0 Å². The van der Waals surface area contributed by atoms with E-state index in [9.17, 15) is 4.79 Å². The first kappa shape index (κ1) is 23.1. The lowest BCUT2D eigenvalue weighted by Crippen LogP contribution is -2.46. The number of carbonyl (C=O) groups is 1. The summed E-state index contributed by atoms with van der Waals surface area (Å²) in [5, 5.41) is 7.26. The normalized spacial score (nSPS) is 15.5. The second-order valence-electron chi connectivity index (χ2n) is 6.53. The van der Waals surface area contributed by atoms with Crippen LogP contribution in [0.5, 0.6) is 0 Å². The summed E-state index contributed by atoms with van der Waals surface area (Å²) in [7, 11) is 1.71. The predicted molar refractivity (Wildman–Crippen MR) is 120 cm³/mol. The highest BCUT2D eigenvalue weighted by molar-refractivity contribution is 14.0. The van der Waals surface area contributed by atoms with E-state index in [1.54, 1.807) is 18.4 Å². The van der Waals surface area contributed by atoms with Crippen molar-refractivity contribution >= 4 is 47.2 Å². The second-order valence-corrected chi connectivity index (χ2v) is 7.82. The minimum atomic E-state index is 0. The van der Waals surface area contributed by atoms with E-state index in [0.29, 0.717) is 12.3 Å². The molecular weight excluding hydrogens is 461 g/mol. The van der Waals surface area contributed by atoms with Crippen LogP contribution in [-0.2, 0) is 11.2 Å². The molecule has 2 heterocycles. The second kappa shape index (κ2) is 11.7. The minimum Gasteiger partial charge on any atom is -0.359 e. The Hall–Kier alpha value is -0.900. The van der Waals surface area contributed by atoms with Gasteiger partial charge in [0.25, 0.3) is 0 Å². The fourth-order valence-corrected chi connectivity index (χ4v) is 4.13. The summed E-state index contributed by atoms with van der Waals surface area (Å²) in [5.74, 6) is 1.64. The van der Waals surface area contributed by atoms with Gasteiger partial charge in [0.15, 0.2) is 5.96 Å². The highest BCUT2D eigenvalue weighted by Crippen LogP contribution is 2.21. The number of rotatable bonds is 6. The molecule has 0 spiro atoms. The van der Waals surface area contributed by atoms with Gasteiger partial charge in [-0.3, -0.25) is 9.79 Å². The van der Waals surface area contributed by atoms with Crippen molar-refractivity contribution in [3.05, 3.63) is 15.6 Å². The van der Waals surface area contributed by atoms with Gasteiger partial charge in [-0.25, -0.2) is 4.98 Å². The number of amides is 1. The molecule has 0 aromatic carbocycles. The van der Waals surface area contributed by atoms with Crippen LogP contribution < -0.4 is 10.6 Å². The van der Waals surface area contributed by atoms with Crippen LogP contribution in [0, 0.1) is 19.8 Å². The summed E-state index contributed by atoms with van der Waals surface area (Å²) < 4.78 is 0. The van der Waals surface area contributed by atoms with Crippen molar-refractivity contribution in [1.82, 2.24) is 20.5 Å². The quantitative estimate of drug-likeness (QED) is 0.363. The highest BCUT2D eigenvalue weighted by Gasteiger charge is 2.23. The molecule has 2 N–H and O–H groups in total. The molecule has 1 aromatic heterocycles. The Balaban J connectivity index is 0.00000338. The molecule has 6 nitrogen and oxygen atoms in total. The van der Waals surface area contributed by atoms with Crippen LogP contribution in [0.2, 0.25) is 0 Å². The van der Waals surface area contributed by atoms with E-state index in [0.717, 1.165) is 62.1 Å². The van der Waals surface area contributed by atoms with Crippen LogP contribution in [0.3, 0.4) is 0 Å². The van der Waals surface area contributed by atoms with Crippen molar-refractivity contribution in [3.63, 3.8) is 0 Å². The molecule has 0 saturated carbocycles. The summed E-state index contributed by atoms with van der Waals surface area (Å²) >= 11 is 1.77. The number of likely N-dealkylation sites (tertiary alicyclic amines) is 1. The fraction of sp³-hybridized carbons (Fsp3) is 0.722. The molecule has 1 fully saturated rings. The van der Waals surface area contributed by atoms with Crippen LogP contribution in [-0.4, -0.2) is 55.0 Å². The molecule has 2 rings (SSSR count). The van der Waals surface area contributed by atoms with Gasteiger partial charge in [0, 0.05) is 50.9 Å². The third-order valence-electron chi connectivity index (χ3n) is 4.60. The molecule has 148 valence electrons. The molecule has 0 radical (unpaired) electrons. The Kier molecular flexibility index (Phi) is 10.4. The lowest BCUT2D eigenvalue weighted by molar-refractivity contribution is -0.121. The summed E-state index contributed by atoms with van der Waals surface area (Å²) in [5.41, 5.74) is 1.14. The Labute approximate surface area is 178 Å². The van der Waals surface area contributed by atoms with Crippen molar-refractivity contribution in [3.8, 4) is 0 Å². The van der Waals surface area contributed by atoms with E-state index in [1.165, 1.54) is 4.88 Å². The van der Waals surface area contributed by atoms with Crippen LogP contribution in [0.1, 0.15) is 41.8 Å². The molecule has 0 atom stereocenters. The molecule has 1 aliphatic rings. The van der Waals surface area contributed by atoms with Crippen molar-refractivity contribution in [2.45, 2.75) is 46.5 Å². The Morgan fingerprint density at radius 3 is 2.58 bits per heavy atom. The van der Waals surface area contributed by atoms with Gasteiger partial charge < -0.3 is 15.5 Å². The summed E-state index contributed by atoms with van der Waals surface area (Å²) in [6, 6.07) is 0. The Morgan fingerprint density at radius 2 is 2.04 bits per heavy atom. The number of aliphatic imine (C=N–C) groups is 1. The zero-order valence-corrected chi connectivity index (χ0v) is 19.4. The van der Waals surface area contributed by atoms with Crippen molar-refractivity contribution in [2.24, 2.45) is 10.9 Å². The van der Waals surface area contributed by atoms with Crippen LogP contribution >= 0.6 is 35.3 Å². The highest BCUT2D eigenvalue weighted by atomic mass is 127. The largest absolute Gasteiger partial charge is 0.359 e. The lowest BCUT2D eigenvalue weighted by atomic mass is 9.93. The zero-order chi connectivity index (χ0) is 18.2. The predicted octanol–water partition coefficient (Wildman–Crippen LogP) is 2.73. The fourth-order valence-electron chi connectivity index (χ4n) is 3.21. The molecule has 0 bridgehead atoms. The molecule has 1 aliphatic heterocycles. The van der Waals surface area contributed by atoms with E-state index in [2.05, 4.69) is 41.3 Å². The smallest absolute Gasteiger partial charge is 0.220 e. The average molecular weight is 493 g/mol. The van der Waals surface area contributed by atoms with Gasteiger partial charge in [-0.15, -0.1) is 35.3 Å². The molecule has 1 amide bonds. The van der Waals surface area contributed by atoms with Crippen LogP contribution in [0.25, 0.3) is 0 Å². The van der Waals surface area contributed by atoms with E-state index in [4.69, 9.17) is 4.99 Å². The number of piperidine rings is 1. The molecule has 1 aromatic rings. The first-order chi connectivity index (χ1) is 12.0. The number of nitrogens with zero attached hydrogens (tertiary/aromatic N) is 3. The van der Waals surface area contributed by atoms with Gasteiger partial charge in [0.05, 0.1) is 10.7 Å². The summed E-state index contributed by atoms with van der Waals surface area (Å²) in [6.45, 7) is 9.81. The summed E-state index contributed by atoms with van der Waals surface area (Å²) in [6.07, 6.45) is 3.68. The number of nitrogens with one attached hydrogen (secondary N) is 2. The SMILES string of the molecule is CCNC(=NCCc1sc(C)nc1C)N1CCC(CC(=O)NC)CC1.I. The molecule has 0 aliphatic carbocycles. The molecule has 0 unspecified atom stereocenters. The monoisotopic (exact) mass is 493 g/mol. The van der Waals surface area contributed by atoms with E-state index < -0.39 is 0 Å². The van der Waals surface area contributed by atoms with E-state index in [1.807, 2.05) is 0 Å². The topological polar surface area (TPSA) is 69.6 Å². The van der Waals surface area contributed by atoms with E-state index in [-0.39, 0.29) is 29.9 Å². The number of carbonyl (C=O) groups excluding carboxylic acids is 1. The van der Waals surface area contributed by atoms with Gasteiger partial charge in [0.2, 0.25) is 5.91 Å². The molecule has 8 heteroatoms. The Morgan fingerprint density at radius 1 is 1.35 bits per heavy atom. The number of hydrogen-bond donors (Lipinski definition) is 2. The maximum Gasteiger partial charge on any atom is 0.220 e. The third-order valence-corrected chi connectivity index (χ3v) is 5.73. The van der Waals surface area contributed by atoms with Crippen molar-refractivity contribution in [2.75, 3.05) is 33.2 Å².